The number of amides is 1. The van der Waals surface area contributed by atoms with Crippen molar-refractivity contribution >= 4 is 11.9 Å². The molecule has 1 aliphatic rings. The van der Waals surface area contributed by atoms with Gasteiger partial charge in [-0.2, -0.15) is 0 Å². The highest BCUT2D eigenvalue weighted by molar-refractivity contribution is 5.87. The van der Waals surface area contributed by atoms with Crippen LogP contribution in [-0.2, 0) is 4.79 Å². The average Bonchev–Trinajstić information content (AvgIpc) is 2.83. The first-order valence-electron chi connectivity index (χ1n) is 6.20. The Labute approximate surface area is 110 Å². The highest BCUT2D eigenvalue weighted by atomic mass is 16.4. The number of nitrogens with one attached hydrogen (secondary N) is 1. The van der Waals surface area contributed by atoms with Gasteiger partial charge >= 0.3 is 5.97 Å². The van der Waals surface area contributed by atoms with Crippen molar-refractivity contribution in [3.63, 3.8) is 0 Å². The Morgan fingerprint density at radius 1 is 1.47 bits per heavy atom. The molecule has 1 aliphatic heterocycles. The highest BCUT2D eigenvalue weighted by Crippen LogP contribution is 2.28. The first kappa shape index (κ1) is 13.5. The molecule has 0 spiro atoms. The number of aromatic carboxylic acids is 1. The van der Waals surface area contributed by atoms with Crippen molar-refractivity contribution in [1.82, 2.24) is 20.3 Å². The molecule has 8 nitrogen and oxygen atoms in total. The van der Waals surface area contributed by atoms with Crippen molar-refractivity contribution < 1.29 is 14.7 Å². The molecule has 19 heavy (non-hydrogen) atoms. The van der Waals surface area contributed by atoms with E-state index in [0.717, 1.165) is 25.9 Å². The Bertz CT molecular complexity index is 493. The van der Waals surface area contributed by atoms with Gasteiger partial charge in [0.15, 0.2) is 5.69 Å². The van der Waals surface area contributed by atoms with Crippen molar-refractivity contribution in [2.75, 3.05) is 13.1 Å². The van der Waals surface area contributed by atoms with Gasteiger partial charge in [-0.1, -0.05) is 5.21 Å². The number of primary amides is 1. The molecular weight excluding hydrogens is 250 g/mol. The van der Waals surface area contributed by atoms with E-state index in [2.05, 4.69) is 15.6 Å². The molecule has 1 aromatic heterocycles. The maximum Gasteiger partial charge on any atom is 0.358 e. The van der Waals surface area contributed by atoms with Gasteiger partial charge in [-0.3, -0.25) is 4.79 Å². The zero-order chi connectivity index (χ0) is 14.0. The Kier molecular flexibility index (Phi) is 3.79. The Morgan fingerprint density at radius 3 is 2.63 bits per heavy atom. The van der Waals surface area contributed by atoms with E-state index in [0.29, 0.717) is 5.69 Å². The molecule has 1 aromatic rings. The zero-order valence-corrected chi connectivity index (χ0v) is 10.7. The molecule has 0 aliphatic carbocycles. The van der Waals surface area contributed by atoms with Crippen molar-refractivity contribution in [3.8, 4) is 0 Å². The first-order chi connectivity index (χ1) is 9.02. The summed E-state index contributed by atoms with van der Waals surface area (Å²) in [7, 11) is 0. The van der Waals surface area contributed by atoms with Crippen LogP contribution in [0, 0.1) is 0 Å². The summed E-state index contributed by atoms with van der Waals surface area (Å²) in [6, 6.07) is -0.703. The molecule has 0 saturated carbocycles. The molecule has 0 aromatic carbocycles. The summed E-state index contributed by atoms with van der Waals surface area (Å²) in [5.41, 5.74) is 5.68. The van der Waals surface area contributed by atoms with Gasteiger partial charge in [0.25, 0.3) is 0 Å². The molecule has 1 amide bonds. The molecule has 2 rings (SSSR count). The Balaban J connectivity index is 2.43. The van der Waals surface area contributed by atoms with E-state index in [1.165, 1.54) is 4.68 Å². The monoisotopic (exact) mass is 267 g/mol. The van der Waals surface area contributed by atoms with Crippen LogP contribution in [0.3, 0.4) is 0 Å². The van der Waals surface area contributed by atoms with Gasteiger partial charge in [0.05, 0.1) is 5.69 Å². The minimum absolute atomic E-state index is 0.0316. The minimum atomic E-state index is -1.13. The summed E-state index contributed by atoms with van der Waals surface area (Å²) in [5.74, 6) is -1.65. The average molecular weight is 267 g/mol. The van der Waals surface area contributed by atoms with Gasteiger partial charge in [0, 0.05) is 5.92 Å². The van der Waals surface area contributed by atoms with E-state index in [4.69, 9.17) is 5.73 Å². The van der Waals surface area contributed by atoms with E-state index >= 15 is 0 Å². The van der Waals surface area contributed by atoms with Gasteiger partial charge < -0.3 is 16.2 Å². The van der Waals surface area contributed by atoms with Crippen LogP contribution in [0.4, 0.5) is 0 Å². The number of rotatable bonds is 4. The number of hydrogen-bond acceptors (Lipinski definition) is 5. The summed E-state index contributed by atoms with van der Waals surface area (Å²) >= 11 is 0. The van der Waals surface area contributed by atoms with Gasteiger partial charge in [-0.15, -0.1) is 5.10 Å². The number of nitrogens with two attached hydrogens (primary N) is 1. The number of carbonyl (C=O) groups is 2. The smallest absolute Gasteiger partial charge is 0.358 e. The SMILES string of the molecule is CC(C(N)=O)n1nnc(C(=O)O)c1C1CCNCC1. The van der Waals surface area contributed by atoms with Crippen LogP contribution in [-0.4, -0.2) is 45.1 Å². The third-order valence-corrected chi connectivity index (χ3v) is 3.44. The highest BCUT2D eigenvalue weighted by Gasteiger charge is 2.30. The van der Waals surface area contributed by atoms with Crippen molar-refractivity contribution in [2.45, 2.75) is 31.7 Å². The largest absolute Gasteiger partial charge is 0.476 e. The maximum absolute atomic E-state index is 11.3. The van der Waals surface area contributed by atoms with E-state index in [1.54, 1.807) is 6.92 Å². The fourth-order valence-electron chi connectivity index (χ4n) is 2.34. The van der Waals surface area contributed by atoms with Gasteiger partial charge in [0.2, 0.25) is 5.91 Å². The lowest BCUT2D eigenvalue weighted by atomic mass is 9.92. The number of aromatic nitrogens is 3. The summed E-state index contributed by atoms with van der Waals surface area (Å²) in [4.78, 5) is 22.5. The predicted octanol–water partition coefficient (Wildman–Crippen LogP) is -0.510. The standard InChI is InChI=1S/C11H17N5O3/c1-6(10(12)17)16-9(7-2-4-13-5-3-7)8(11(18)19)14-15-16/h6-7,13H,2-5H2,1H3,(H2,12,17)(H,18,19). The second kappa shape index (κ2) is 5.35. The van der Waals surface area contributed by atoms with Crippen LogP contribution in [0.5, 0.6) is 0 Å². The van der Waals surface area contributed by atoms with Crippen molar-refractivity contribution in [2.24, 2.45) is 5.73 Å². The van der Waals surface area contributed by atoms with Crippen LogP contribution in [0.25, 0.3) is 0 Å². The molecule has 0 radical (unpaired) electrons. The van der Waals surface area contributed by atoms with Crippen LogP contribution in [0.1, 0.15) is 47.9 Å². The third kappa shape index (κ3) is 2.58. The molecule has 1 saturated heterocycles. The lowest BCUT2D eigenvalue weighted by Gasteiger charge is -2.24. The van der Waals surface area contributed by atoms with Crippen LogP contribution in [0.2, 0.25) is 0 Å². The second-order valence-corrected chi connectivity index (χ2v) is 4.68. The molecule has 0 bridgehead atoms. The van der Waals surface area contributed by atoms with Crippen LogP contribution >= 0.6 is 0 Å². The van der Waals surface area contributed by atoms with E-state index in [9.17, 15) is 14.7 Å². The normalized spacial score (nSPS) is 18.2. The fraction of sp³-hybridized carbons (Fsp3) is 0.636. The first-order valence-corrected chi connectivity index (χ1v) is 6.20. The summed E-state index contributed by atoms with van der Waals surface area (Å²) in [5, 5.41) is 19.9. The summed E-state index contributed by atoms with van der Waals surface area (Å²) < 4.78 is 1.35. The number of piperidine rings is 1. The fourth-order valence-corrected chi connectivity index (χ4v) is 2.34. The summed E-state index contributed by atoms with van der Waals surface area (Å²) in [6.07, 6.45) is 1.58. The van der Waals surface area contributed by atoms with Gasteiger partial charge in [-0.25, -0.2) is 9.48 Å². The third-order valence-electron chi connectivity index (χ3n) is 3.44. The molecule has 104 valence electrons. The van der Waals surface area contributed by atoms with E-state index in [-0.39, 0.29) is 11.6 Å². The maximum atomic E-state index is 11.3. The Hall–Kier alpha value is -1.96. The molecule has 1 unspecified atom stereocenters. The molecule has 1 fully saturated rings. The quantitative estimate of drug-likeness (QED) is 0.675. The van der Waals surface area contributed by atoms with Crippen LogP contribution < -0.4 is 11.1 Å². The molecule has 1 atom stereocenters. The molecule has 4 N–H and O–H groups in total. The van der Waals surface area contributed by atoms with Gasteiger partial charge in [0.1, 0.15) is 6.04 Å². The lowest BCUT2D eigenvalue weighted by molar-refractivity contribution is -0.121. The number of nitrogens with zero attached hydrogens (tertiary/aromatic N) is 3. The van der Waals surface area contributed by atoms with Crippen LogP contribution in [0.15, 0.2) is 0 Å². The Morgan fingerprint density at radius 2 is 2.11 bits per heavy atom. The lowest BCUT2D eigenvalue weighted by Crippen LogP contribution is -2.31. The number of carboxylic acids is 1. The number of hydrogen-bond donors (Lipinski definition) is 3. The zero-order valence-electron chi connectivity index (χ0n) is 10.7. The molecular formula is C11H17N5O3. The summed E-state index contributed by atoms with van der Waals surface area (Å²) in [6.45, 7) is 3.20. The topological polar surface area (TPSA) is 123 Å². The molecule has 2 heterocycles. The second-order valence-electron chi connectivity index (χ2n) is 4.68. The molecule has 8 heteroatoms. The number of carboxylic acid groups (broad SMARTS) is 1. The van der Waals surface area contributed by atoms with Crippen molar-refractivity contribution in [3.05, 3.63) is 11.4 Å². The number of carbonyl (C=O) groups excluding carboxylic acids is 1. The van der Waals surface area contributed by atoms with Crippen molar-refractivity contribution in [1.29, 1.82) is 0 Å². The van der Waals surface area contributed by atoms with E-state index in [1.807, 2.05) is 0 Å². The predicted molar refractivity (Wildman–Crippen MR) is 65.7 cm³/mol. The van der Waals surface area contributed by atoms with E-state index < -0.39 is 17.9 Å². The minimum Gasteiger partial charge on any atom is -0.476 e. The van der Waals surface area contributed by atoms with Gasteiger partial charge in [-0.05, 0) is 32.9 Å².